The van der Waals surface area contributed by atoms with E-state index in [2.05, 4.69) is 17.3 Å². The third-order valence-corrected chi connectivity index (χ3v) is 5.95. The standard InChI is InChI=1S/C21H21FN2O3/c1-24-17-10-14(11-18(24)20-19(17)27-20)26-21(25)23-16-8-7-13(22)9-15(16)12-5-3-2-4-6-12/h2-9,14,17-20H,10-11H2,1H3,(H,23,25)/t14?,17-,18+,19-,20+. The van der Waals surface area contributed by atoms with Gasteiger partial charge in [-0.05, 0) is 30.8 Å². The second kappa shape index (κ2) is 6.32. The molecule has 5 atom stereocenters. The van der Waals surface area contributed by atoms with Gasteiger partial charge < -0.3 is 9.47 Å². The number of fused-ring (bicyclic) bond motifs is 5. The van der Waals surface area contributed by atoms with Crippen molar-refractivity contribution in [1.29, 1.82) is 0 Å². The maximum atomic E-state index is 13.8. The van der Waals surface area contributed by atoms with E-state index in [9.17, 15) is 9.18 Å². The Bertz CT molecular complexity index is 857. The Morgan fingerprint density at radius 3 is 2.56 bits per heavy atom. The lowest BCUT2D eigenvalue weighted by Crippen LogP contribution is -2.48. The summed E-state index contributed by atoms with van der Waals surface area (Å²) in [5.41, 5.74) is 2.00. The molecule has 1 unspecified atom stereocenters. The zero-order valence-electron chi connectivity index (χ0n) is 15.0. The molecule has 2 bridgehead atoms. The van der Waals surface area contributed by atoms with Gasteiger partial charge in [-0.3, -0.25) is 10.2 Å². The Morgan fingerprint density at radius 1 is 1.15 bits per heavy atom. The number of morpholine rings is 1. The molecule has 3 fully saturated rings. The zero-order valence-corrected chi connectivity index (χ0v) is 15.0. The summed E-state index contributed by atoms with van der Waals surface area (Å²) in [6, 6.07) is 14.4. The van der Waals surface area contributed by atoms with Crippen molar-refractivity contribution in [3.8, 4) is 11.1 Å². The van der Waals surface area contributed by atoms with Crippen molar-refractivity contribution >= 4 is 11.8 Å². The number of benzene rings is 2. The number of epoxide rings is 1. The predicted octanol–water partition coefficient (Wildman–Crippen LogP) is 3.65. The SMILES string of the molecule is CN1[C@@H]2CC(OC(=O)Nc3ccc(F)cc3-c3ccccc3)C[C@H]1[C@@H]1O[C@@H]12. The van der Waals surface area contributed by atoms with Crippen LogP contribution in [0.25, 0.3) is 11.1 Å². The molecule has 140 valence electrons. The monoisotopic (exact) mass is 368 g/mol. The number of carbonyl (C=O) groups is 1. The highest BCUT2D eigenvalue weighted by atomic mass is 19.1. The first-order chi connectivity index (χ1) is 13.1. The first kappa shape index (κ1) is 16.7. The average molecular weight is 368 g/mol. The van der Waals surface area contributed by atoms with Crippen LogP contribution in [0.3, 0.4) is 0 Å². The number of ether oxygens (including phenoxy) is 2. The minimum Gasteiger partial charge on any atom is -0.446 e. The van der Waals surface area contributed by atoms with E-state index in [1.807, 2.05) is 30.3 Å². The maximum Gasteiger partial charge on any atom is 0.411 e. The van der Waals surface area contributed by atoms with E-state index in [0.717, 1.165) is 18.4 Å². The van der Waals surface area contributed by atoms with Gasteiger partial charge in [0.05, 0.1) is 5.69 Å². The molecule has 5 rings (SSSR count). The summed E-state index contributed by atoms with van der Waals surface area (Å²) in [6.07, 6.45) is 1.57. The number of likely N-dealkylation sites (N-methyl/N-ethyl adjacent to an activating group) is 1. The third-order valence-electron chi connectivity index (χ3n) is 5.95. The second-order valence-electron chi connectivity index (χ2n) is 7.55. The third kappa shape index (κ3) is 2.99. The number of amides is 1. The summed E-state index contributed by atoms with van der Waals surface area (Å²) in [4.78, 5) is 14.8. The Labute approximate surface area is 157 Å². The van der Waals surface area contributed by atoms with Crippen molar-refractivity contribution in [1.82, 2.24) is 4.90 Å². The van der Waals surface area contributed by atoms with Gasteiger partial charge in [-0.25, -0.2) is 9.18 Å². The molecule has 27 heavy (non-hydrogen) atoms. The predicted molar refractivity (Wildman–Crippen MR) is 99.0 cm³/mol. The van der Waals surface area contributed by atoms with Crippen LogP contribution in [0.5, 0.6) is 0 Å². The molecule has 0 aromatic heterocycles. The number of carbonyl (C=O) groups excluding carboxylic acids is 1. The van der Waals surface area contributed by atoms with E-state index in [4.69, 9.17) is 9.47 Å². The van der Waals surface area contributed by atoms with Crippen molar-refractivity contribution in [2.75, 3.05) is 12.4 Å². The minimum absolute atomic E-state index is 0.117. The van der Waals surface area contributed by atoms with Crippen LogP contribution in [-0.2, 0) is 9.47 Å². The molecule has 0 radical (unpaired) electrons. The highest BCUT2D eigenvalue weighted by molar-refractivity contribution is 5.91. The van der Waals surface area contributed by atoms with Crippen LogP contribution in [-0.4, -0.2) is 48.4 Å². The molecule has 3 aliphatic heterocycles. The topological polar surface area (TPSA) is 54.1 Å². The van der Waals surface area contributed by atoms with Crippen LogP contribution in [0.4, 0.5) is 14.9 Å². The molecule has 1 amide bonds. The lowest BCUT2D eigenvalue weighted by molar-refractivity contribution is -0.00502. The van der Waals surface area contributed by atoms with E-state index in [1.54, 1.807) is 6.07 Å². The van der Waals surface area contributed by atoms with Gasteiger partial charge in [0.25, 0.3) is 0 Å². The first-order valence-electron chi connectivity index (χ1n) is 9.30. The normalized spacial score (nSPS) is 31.3. The molecule has 2 aromatic rings. The number of nitrogens with zero attached hydrogens (tertiary/aromatic N) is 1. The van der Waals surface area contributed by atoms with Gasteiger partial charge in [-0.15, -0.1) is 0 Å². The van der Waals surface area contributed by atoms with E-state index < -0.39 is 6.09 Å². The van der Waals surface area contributed by atoms with Crippen LogP contribution >= 0.6 is 0 Å². The Hall–Kier alpha value is -2.44. The number of anilines is 1. The lowest BCUT2D eigenvalue weighted by Gasteiger charge is -2.37. The second-order valence-corrected chi connectivity index (χ2v) is 7.55. The van der Waals surface area contributed by atoms with Gasteiger partial charge in [-0.1, -0.05) is 30.3 Å². The zero-order chi connectivity index (χ0) is 18.5. The number of halogens is 1. The first-order valence-corrected chi connectivity index (χ1v) is 9.30. The van der Waals surface area contributed by atoms with Crippen molar-refractivity contribution < 1.29 is 18.7 Å². The molecule has 0 aliphatic carbocycles. The van der Waals surface area contributed by atoms with E-state index in [0.29, 0.717) is 35.5 Å². The summed E-state index contributed by atoms with van der Waals surface area (Å²) in [7, 11) is 2.12. The summed E-state index contributed by atoms with van der Waals surface area (Å²) in [5.74, 6) is -0.348. The molecule has 2 aromatic carbocycles. The Kier molecular flexibility index (Phi) is 3.91. The summed E-state index contributed by atoms with van der Waals surface area (Å²) >= 11 is 0. The molecular formula is C21H21FN2O3. The molecule has 3 heterocycles. The fourth-order valence-electron chi connectivity index (χ4n) is 4.57. The van der Waals surface area contributed by atoms with Gasteiger partial charge in [0, 0.05) is 30.5 Å². The van der Waals surface area contributed by atoms with Crippen molar-refractivity contribution in [3.05, 3.63) is 54.3 Å². The molecule has 3 saturated heterocycles. The Morgan fingerprint density at radius 2 is 1.85 bits per heavy atom. The van der Waals surface area contributed by atoms with Gasteiger partial charge in [0.2, 0.25) is 0 Å². The van der Waals surface area contributed by atoms with Gasteiger partial charge in [0.1, 0.15) is 24.1 Å². The fraction of sp³-hybridized carbons (Fsp3) is 0.381. The number of piperidine rings is 1. The lowest BCUT2D eigenvalue weighted by atomic mass is 9.99. The van der Waals surface area contributed by atoms with E-state index >= 15 is 0 Å². The largest absolute Gasteiger partial charge is 0.446 e. The minimum atomic E-state index is -0.498. The fourth-order valence-corrected chi connectivity index (χ4v) is 4.57. The summed E-state index contributed by atoms with van der Waals surface area (Å²) in [6.45, 7) is 0. The smallest absolute Gasteiger partial charge is 0.411 e. The van der Waals surface area contributed by atoms with Crippen LogP contribution < -0.4 is 5.32 Å². The van der Waals surface area contributed by atoms with E-state index in [1.165, 1.54) is 12.1 Å². The van der Waals surface area contributed by atoms with Crippen molar-refractivity contribution in [2.24, 2.45) is 0 Å². The Balaban J connectivity index is 1.29. The number of nitrogens with one attached hydrogen (secondary N) is 1. The molecule has 5 nitrogen and oxygen atoms in total. The summed E-state index contributed by atoms with van der Waals surface area (Å²) in [5, 5.41) is 2.79. The molecule has 0 saturated carbocycles. The van der Waals surface area contributed by atoms with Gasteiger partial charge in [-0.2, -0.15) is 0 Å². The van der Waals surface area contributed by atoms with Crippen LogP contribution in [0.1, 0.15) is 12.8 Å². The molecule has 1 N–H and O–H groups in total. The molecule has 6 heteroatoms. The maximum absolute atomic E-state index is 13.8. The number of hydrogen-bond donors (Lipinski definition) is 1. The van der Waals surface area contributed by atoms with Crippen LogP contribution in [0, 0.1) is 5.82 Å². The van der Waals surface area contributed by atoms with Gasteiger partial charge >= 0.3 is 6.09 Å². The highest BCUT2D eigenvalue weighted by Crippen LogP contribution is 2.48. The molecule has 3 aliphatic rings. The molecule has 0 spiro atoms. The van der Waals surface area contributed by atoms with Crippen molar-refractivity contribution in [3.63, 3.8) is 0 Å². The number of rotatable bonds is 3. The van der Waals surface area contributed by atoms with E-state index in [-0.39, 0.29) is 11.9 Å². The highest BCUT2D eigenvalue weighted by Gasteiger charge is 2.62. The number of hydrogen-bond acceptors (Lipinski definition) is 4. The summed E-state index contributed by atoms with van der Waals surface area (Å²) < 4.78 is 25.1. The van der Waals surface area contributed by atoms with Crippen LogP contribution in [0.15, 0.2) is 48.5 Å². The average Bonchev–Trinajstić information content (AvgIpc) is 3.42. The quantitative estimate of drug-likeness (QED) is 0.841. The molecular weight excluding hydrogens is 347 g/mol. The van der Waals surface area contributed by atoms with Crippen molar-refractivity contribution in [2.45, 2.75) is 43.2 Å². The van der Waals surface area contributed by atoms with Gasteiger partial charge in [0.15, 0.2) is 0 Å². The van der Waals surface area contributed by atoms with Crippen LogP contribution in [0.2, 0.25) is 0 Å².